The Kier molecular flexibility index (Phi) is 5.35. The van der Waals surface area contributed by atoms with Crippen LogP contribution in [0.5, 0.6) is 0 Å². The summed E-state index contributed by atoms with van der Waals surface area (Å²) in [6.07, 6.45) is 2.74. The zero-order valence-corrected chi connectivity index (χ0v) is 14.5. The molecule has 0 bridgehead atoms. The molecule has 1 aromatic carbocycles. The number of methoxy groups -OCH3 is 1. The molecule has 0 spiro atoms. The van der Waals surface area contributed by atoms with Crippen molar-refractivity contribution in [2.45, 2.75) is 26.2 Å². The number of aromatic amines is 1. The maximum atomic E-state index is 12.2. The second-order valence-corrected chi connectivity index (χ2v) is 6.57. The van der Waals surface area contributed by atoms with Crippen LogP contribution in [0, 0.1) is 12.8 Å². The van der Waals surface area contributed by atoms with E-state index in [0.717, 1.165) is 49.4 Å². The number of ether oxygens (including phenoxy) is 1. The number of nitrogens with one attached hydrogen (secondary N) is 2. The first-order chi connectivity index (χ1) is 11.7. The summed E-state index contributed by atoms with van der Waals surface area (Å²) in [6.45, 7) is 5.07. The predicted octanol–water partition coefficient (Wildman–Crippen LogP) is 2.48. The number of H-pyrrole nitrogens is 1. The van der Waals surface area contributed by atoms with Crippen molar-refractivity contribution in [3.05, 3.63) is 29.6 Å². The van der Waals surface area contributed by atoms with Crippen LogP contribution in [0.2, 0.25) is 0 Å². The largest absolute Gasteiger partial charge is 0.384 e. The Labute approximate surface area is 142 Å². The highest BCUT2D eigenvalue weighted by Crippen LogP contribution is 2.17. The van der Waals surface area contributed by atoms with Gasteiger partial charge < -0.3 is 19.9 Å². The van der Waals surface area contributed by atoms with E-state index in [1.54, 1.807) is 7.11 Å². The van der Waals surface area contributed by atoms with Gasteiger partial charge in [-0.05, 0) is 43.4 Å². The van der Waals surface area contributed by atoms with E-state index in [4.69, 9.17) is 4.74 Å². The van der Waals surface area contributed by atoms with Crippen LogP contribution in [0.3, 0.4) is 0 Å². The van der Waals surface area contributed by atoms with Crippen LogP contribution in [0.25, 0.3) is 11.0 Å². The molecule has 0 radical (unpaired) electrons. The van der Waals surface area contributed by atoms with Crippen LogP contribution < -0.4 is 5.32 Å². The molecule has 2 heterocycles. The number of urea groups is 1. The maximum absolute atomic E-state index is 12.2. The van der Waals surface area contributed by atoms with Crippen molar-refractivity contribution < 1.29 is 9.53 Å². The molecule has 1 fully saturated rings. The molecule has 2 N–H and O–H groups in total. The van der Waals surface area contributed by atoms with Crippen LogP contribution in [-0.2, 0) is 11.2 Å². The number of imidazole rings is 1. The van der Waals surface area contributed by atoms with Crippen LogP contribution in [0.1, 0.15) is 24.2 Å². The highest BCUT2D eigenvalue weighted by atomic mass is 16.5. The lowest BCUT2D eigenvalue weighted by Gasteiger charge is -2.31. The minimum Gasteiger partial charge on any atom is -0.384 e. The van der Waals surface area contributed by atoms with Gasteiger partial charge in [-0.3, -0.25) is 0 Å². The lowest BCUT2D eigenvalue weighted by molar-refractivity contribution is 0.107. The Morgan fingerprint density at radius 1 is 1.42 bits per heavy atom. The summed E-state index contributed by atoms with van der Waals surface area (Å²) in [7, 11) is 1.73. The molecule has 6 nitrogen and oxygen atoms in total. The van der Waals surface area contributed by atoms with E-state index in [-0.39, 0.29) is 6.03 Å². The highest BCUT2D eigenvalue weighted by Gasteiger charge is 2.22. The molecule has 2 amide bonds. The third kappa shape index (κ3) is 4.06. The number of hydrogen-bond acceptors (Lipinski definition) is 3. The van der Waals surface area contributed by atoms with E-state index in [9.17, 15) is 4.79 Å². The van der Waals surface area contributed by atoms with E-state index in [1.807, 2.05) is 11.0 Å². The van der Waals surface area contributed by atoms with Gasteiger partial charge in [0.25, 0.3) is 0 Å². The number of likely N-dealkylation sites (tertiary alicyclic amines) is 1. The summed E-state index contributed by atoms with van der Waals surface area (Å²) in [5.74, 6) is 1.49. The first-order valence-corrected chi connectivity index (χ1v) is 8.62. The second kappa shape index (κ2) is 7.66. The number of aromatic nitrogens is 2. The average Bonchev–Trinajstić information content (AvgIpc) is 2.97. The quantitative estimate of drug-likeness (QED) is 0.885. The molecule has 24 heavy (non-hydrogen) atoms. The molecule has 0 saturated carbocycles. The van der Waals surface area contributed by atoms with Gasteiger partial charge >= 0.3 is 6.03 Å². The molecule has 1 aromatic heterocycles. The number of fused-ring (bicyclic) bond motifs is 1. The number of rotatable bonds is 5. The number of carbonyl (C=O) groups is 1. The van der Waals surface area contributed by atoms with Crippen molar-refractivity contribution in [3.63, 3.8) is 0 Å². The normalized spacial score (nSPS) is 15.8. The summed E-state index contributed by atoms with van der Waals surface area (Å²) in [5, 5.41) is 3.00. The van der Waals surface area contributed by atoms with Crippen molar-refractivity contribution >= 4 is 17.1 Å². The summed E-state index contributed by atoms with van der Waals surface area (Å²) in [6, 6.07) is 6.20. The first kappa shape index (κ1) is 16.8. The van der Waals surface area contributed by atoms with Crippen LogP contribution in [0.15, 0.2) is 18.2 Å². The maximum Gasteiger partial charge on any atom is 0.317 e. The molecule has 0 unspecified atom stereocenters. The fourth-order valence-electron chi connectivity index (χ4n) is 3.23. The van der Waals surface area contributed by atoms with Crippen LogP contribution in [-0.4, -0.2) is 54.2 Å². The van der Waals surface area contributed by atoms with Crippen molar-refractivity contribution in [3.8, 4) is 0 Å². The van der Waals surface area contributed by atoms with Crippen LogP contribution >= 0.6 is 0 Å². The summed E-state index contributed by atoms with van der Waals surface area (Å²) in [4.78, 5) is 22.0. The van der Waals surface area contributed by atoms with Gasteiger partial charge in [-0.1, -0.05) is 6.07 Å². The summed E-state index contributed by atoms with van der Waals surface area (Å²) < 4.78 is 5.19. The minimum atomic E-state index is 0.0258. The number of amides is 2. The molecule has 130 valence electrons. The zero-order chi connectivity index (χ0) is 16.9. The van der Waals surface area contributed by atoms with Crippen LogP contribution in [0.4, 0.5) is 4.79 Å². The topological polar surface area (TPSA) is 70.2 Å². The molecule has 1 aliphatic heterocycles. The molecule has 1 aliphatic rings. The van der Waals surface area contributed by atoms with E-state index >= 15 is 0 Å². The van der Waals surface area contributed by atoms with Gasteiger partial charge in [-0.15, -0.1) is 0 Å². The minimum absolute atomic E-state index is 0.0258. The number of carbonyl (C=O) groups excluding carboxylic acids is 1. The number of benzene rings is 1. The summed E-state index contributed by atoms with van der Waals surface area (Å²) in [5.41, 5.74) is 3.24. The standard InChI is InChI=1S/C18H26N4O2/c1-13-3-4-15-16(11-13)21-17(20-15)5-8-19-18(23)22-9-6-14(7-10-22)12-24-2/h3-4,11,14H,5-10,12H2,1-2H3,(H,19,23)(H,20,21). The number of nitrogens with zero attached hydrogens (tertiary/aromatic N) is 2. The number of piperidine rings is 1. The highest BCUT2D eigenvalue weighted by molar-refractivity contribution is 5.76. The lowest BCUT2D eigenvalue weighted by atomic mass is 9.98. The predicted molar refractivity (Wildman–Crippen MR) is 94.1 cm³/mol. The van der Waals surface area contributed by atoms with Crippen molar-refractivity contribution in [2.24, 2.45) is 5.92 Å². The van der Waals surface area contributed by atoms with Gasteiger partial charge in [-0.2, -0.15) is 0 Å². The van der Waals surface area contributed by atoms with Gasteiger partial charge in [0, 0.05) is 39.8 Å². The molecule has 2 aromatic rings. The van der Waals surface area contributed by atoms with E-state index in [2.05, 4.69) is 34.3 Å². The fourth-order valence-corrected chi connectivity index (χ4v) is 3.23. The second-order valence-electron chi connectivity index (χ2n) is 6.57. The molecule has 3 rings (SSSR count). The Hall–Kier alpha value is -2.08. The van der Waals surface area contributed by atoms with E-state index in [0.29, 0.717) is 18.9 Å². The monoisotopic (exact) mass is 330 g/mol. The third-order valence-corrected chi connectivity index (χ3v) is 4.63. The van der Waals surface area contributed by atoms with Gasteiger partial charge in [-0.25, -0.2) is 9.78 Å². The number of aryl methyl sites for hydroxylation is 1. The van der Waals surface area contributed by atoms with Gasteiger partial charge in [0.2, 0.25) is 0 Å². The SMILES string of the molecule is COCC1CCN(C(=O)NCCc2nc3ccc(C)cc3[nH]2)CC1. The molecule has 0 atom stereocenters. The van der Waals surface area contributed by atoms with Crippen molar-refractivity contribution in [2.75, 3.05) is 33.4 Å². The smallest absolute Gasteiger partial charge is 0.317 e. The average molecular weight is 330 g/mol. The molecular formula is C18H26N4O2. The fraction of sp³-hybridized carbons (Fsp3) is 0.556. The Morgan fingerprint density at radius 3 is 2.96 bits per heavy atom. The number of hydrogen-bond donors (Lipinski definition) is 2. The van der Waals surface area contributed by atoms with Crippen molar-refractivity contribution in [1.29, 1.82) is 0 Å². The van der Waals surface area contributed by atoms with Crippen molar-refractivity contribution in [1.82, 2.24) is 20.2 Å². The van der Waals surface area contributed by atoms with Gasteiger partial charge in [0.1, 0.15) is 5.82 Å². The first-order valence-electron chi connectivity index (χ1n) is 8.62. The molecule has 6 heteroatoms. The lowest BCUT2D eigenvalue weighted by Crippen LogP contribution is -2.45. The zero-order valence-electron chi connectivity index (χ0n) is 14.5. The Bertz CT molecular complexity index is 689. The Balaban J connectivity index is 1.44. The molecule has 1 saturated heterocycles. The molecular weight excluding hydrogens is 304 g/mol. The van der Waals surface area contributed by atoms with E-state index < -0.39 is 0 Å². The molecule has 0 aliphatic carbocycles. The Morgan fingerprint density at radius 2 is 2.21 bits per heavy atom. The third-order valence-electron chi connectivity index (χ3n) is 4.63. The van der Waals surface area contributed by atoms with Gasteiger partial charge in [0.15, 0.2) is 0 Å². The summed E-state index contributed by atoms with van der Waals surface area (Å²) >= 11 is 0. The van der Waals surface area contributed by atoms with Gasteiger partial charge in [0.05, 0.1) is 11.0 Å². The van der Waals surface area contributed by atoms with E-state index in [1.165, 1.54) is 5.56 Å².